The average Bonchev–Trinajstić information content (AvgIpc) is 3.40. The van der Waals surface area contributed by atoms with Crippen molar-refractivity contribution in [1.29, 1.82) is 0 Å². The van der Waals surface area contributed by atoms with Crippen LogP contribution in [-0.4, -0.2) is 86.5 Å². The van der Waals surface area contributed by atoms with E-state index in [1.165, 1.54) is 11.3 Å². The number of likely N-dealkylation sites (tertiary alicyclic amines) is 1. The van der Waals surface area contributed by atoms with Crippen LogP contribution < -0.4 is 0 Å². The number of piperidine rings is 1. The van der Waals surface area contributed by atoms with Crippen molar-refractivity contribution in [3.05, 3.63) is 17.0 Å². The third kappa shape index (κ3) is 5.68. The van der Waals surface area contributed by atoms with Crippen LogP contribution in [0.2, 0.25) is 0 Å². The van der Waals surface area contributed by atoms with Crippen LogP contribution in [-0.2, 0) is 26.0 Å². The number of hydrogen-bond donors (Lipinski definition) is 0. The Morgan fingerprint density at radius 3 is 2.35 bits per heavy atom. The molecule has 3 aliphatic heterocycles. The van der Waals surface area contributed by atoms with E-state index in [1.54, 1.807) is 16.4 Å². The lowest BCUT2D eigenvalue weighted by atomic mass is 9.95. The molecule has 1 amide bonds. The van der Waals surface area contributed by atoms with E-state index in [4.69, 9.17) is 4.74 Å². The lowest BCUT2D eigenvalue weighted by Crippen LogP contribution is -2.48. The summed E-state index contributed by atoms with van der Waals surface area (Å²) < 4.78 is 33.2. The quantitative estimate of drug-likeness (QED) is 0.640. The van der Waals surface area contributed by atoms with E-state index < -0.39 is 10.0 Å². The van der Waals surface area contributed by atoms with E-state index >= 15 is 0 Å². The van der Waals surface area contributed by atoms with Crippen molar-refractivity contribution < 1.29 is 17.9 Å². The third-order valence-electron chi connectivity index (χ3n) is 6.60. The Hall–Kier alpha value is -1.00. The largest absolute Gasteiger partial charge is 0.373 e. The minimum atomic E-state index is -3.39. The standard InChI is InChI=1S/C22H35N3O4S2/c1-17-14-23(15-18(2)29-17)16-19-7-11-24(12-8-19)21(26)13-20-5-6-22(30-20)31(27,28)25-9-3-4-10-25/h5-6,17-19H,3-4,7-16H2,1-2H3. The maximum absolute atomic E-state index is 12.8. The number of ether oxygens (including phenoxy) is 1. The number of carbonyl (C=O) groups excluding carboxylic acids is 1. The molecule has 0 spiro atoms. The number of rotatable bonds is 6. The number of morpholine rings is 1. The van der Waals surface area contributed by atoms with Crippen LogP contribution >= 0.6 is 11.3 Å². The Balaban J connectivity index is 1.25. The van der Waals surface area contributed by atoms with Crippen molar-refractivity contribution in [2.45, 2.75) is 62.4 Å². The molecule has 1 aromatic rings. The van der Waals surface area contributed by atoms with Gasteiger partial charge < -0.3 is 9.64 Å². The first-order valence-corrected chi connectivity index (χ1v) is 13.8. The molecule has 9 heteroatoms. The number of amides is 1. The summed E-state index contributed by atoms with van der Waals surface area (Å²) in [5.41, 5.74) is 0. The zero-order chi connectivity index (χ0) is 22.0. The van der Waals surface area contributed by atoms with Gasteiger partial charge in [-0.15, -0.1) is 11.3 Å². The molecular weight excluding hydrogens is 434 g/mol. The van der Waals surface area contributed by atoms with Gasteiger partial charge in [-0.25, -0.2) is 8.42 Å². The molecule has 7 nitrogen and oxygen atoms in total. The Morgan fingerprint density at radius 2 is 1.71 bits per heavy atom. The number of carbonyl (C=O) groups is 1. The SMILES string of the molecule is CC1CN(CC2CCN(C(=O)Cc3ccc(S(=O)(=O)N4CCCC4)s3)CC2)CC(C)O1. The van der Waals surface area contributed by atoms with Crippen LogP contribution in [0.5, 0.6) is 0 Å². The van der Waals surface area contributed by atoms with Gasteiger partial charge in [0.05, 0.1) is 18.6 Å². The Labute approximate surface area is 190 Å². The second-order valence-corrected chi connectivity index (χ2v) is 12.6. The monoisotopic (exact) mass is 469 g/mol. The summed E-state index contributed by atoms with van der Waals surface area (Å²) in [5.74, 6) is 0.736. The molecule has 0 N–H and O–H groups in total. The summed E-state index contributed by atoms with van der Waals surface area (Å²) in [6.45, 7) is 10.1. The van der Waals surface area contributed by atoms with Crippen LogP contribution in [0.4, 0.5) is 0 Å². The number of sulfonamides is 1. The highest BCUT2D eigenvalue weighted by Crippen LogP contribution is 2.28. The van der Waals surface area contributed by atoms with Crippen molar-refractivity contribution in [3.63, 3.8) is 0 Å². The lowest BCUT2D eigenvalue weighted by molar-refractivity contribution is -0.132. The summed E-state index contributed by atoms with van der Waals surface area (Å²) in [5, 5.41) is 0. The van der Waals surface area contributed by atoms with Crippen LogP contribution in [0, 0.1) is 5.92 Å². The maximum Gasteiger partial charge on any atom is 0.252 e. The van der Waals surface area contributed by atoms with E-state index in [0.717, 1.165) is 63.3 Å². The summed E-state index contributed by atoms with van der Waals surface area (Å²) in [6.07, 6.45) is 4.79. The molecule has 2 unspecified atom stereocenters. The number of thiophene rings is 1. The Kier molecular flexibility index (Phi) is 7.37. The predicted octanol–water partition coefficient (Wildman–Crippen LogP) is 2.42. The van der Waals surface area contributed by atoms with Gasteiger partial charge in [-0.2, -0.15) is 4.31 Å². The maximum atomic E-state index is 12.8. The molecule has 3 fully saturated rings. The van der Waals surface area contributed by atoms with Gasteiger partial charge in [0.2, 0.25) is 5.91 Å². The highest BCUT2D eigenvalue weighted by Gasteiger charge is 2.30. The van der Waals surface area contributed by atoms with E-state index in [0.29, 0.717) is 29.6 Å². The number of hydrogen-bond acceptors (Lipinski definition) is 6. The first-order chi connectivity index (χ1) is 14.8. The van der Waals surface area contributed by atoms with Crippen molar-refractivity contribution in [3.8, 4) is 0 Å². The molecule has 3 saturated heterocycles. The zero-order valence-electron chi connectivity index (χ0n) is 18.7. The molecule has 174 valence electrons. The van der Waals surface area contributed by atoms with Gasteiger partial charge in [0.15, 0.2) is 0 Å². The van der Waals surface area contributed by atoms with Gasteiger partial charge in [0.25, 0.3) is 10.0 Å². The van der Waals surface area contributed by atoms with Crippen molar-refractivity contribution >= 4 is 27.3 Å². The van der Waals surface area contributed by atoms with Gasteiger partial charge in [-0.3, -0.25) is 9.69 Å². The van der Waals surface area contributed by atoms with Gasteiger partial charge >= 0.3 is 0 Å². The molecule has 2 atom stereocenters. The number of nitrogens with zero attached hydrogens (tertiary/aromatic N) is 3. The topological polar surface area (TPSA) is 70.2 Å². The molecule has 31 heavy (non-hydrogen) atoms. The van der Waals surface area contributed by atoms with Crippen LogP contribution in [0.1, 0.15) is 44.4 Å². The summed E-state index contributed by atoms with van der Waals surface area (Å²) in [4.78, 5) is 18.1. The smallest absolute Gasteiger partial charge is 0.252 e. The molecule has 4 heterocycles. The Morgan fingerprint density at radius 1 is 1.06 bits per heavy atom. The van der Waals surface area contributed by atoms with Crippen molar-refractivity contribution in [1.82, 2.24) is 14.1 Å². The fourth-order valence-corrected chi connectivity index (χ4v) is 8.09. The van der Waals surface area contributed by atoms with Crippen LogP contribution in [0.15, 0.2) is 16.3 Å². The normalized spacial score (nSPS) is 27.1. The highest BCUT2D eigenvalue weighted by molar-refractivity contribution is 7.91. The van der Waals surface area contributed by atoms with Crippen molar-refractivity contribution in [2.24, 2.45) is 5.92 Å². The molecule has 3 aliphatic rings. The molecule has 1 aromatic heterocycles. The van der Waals surface area contributed by atoms with Gasteiger partial charge in [-0.1, -0.05) is 0 Å². The minimum Gasteiger partial charge on any atom is -0.373 e. The van der Waals surface area contributed by atoms with Crippen LogP contribution in [0.25, 0.3) is 0 Å². The van der Waals surface area contributed by atoms with E-state index in [2.05, 4.69) is 18.7 Å². The minimum absolute atomic E-state index is 0.110. The van der Waals surface area contributed by atoms with E-state index in [-0.39, 0.29) is 18.1 Å². The molecule has 0 aliphatic carbocycles. The molecule has 0 aromatic carbocycles. The molecule has 0 radical (unpaired) electrons. The lowest BCUT2D eigenvalue weighted by Gasteiger charge is -2.39. The molecule has 4 rings (SSSR count). The second kappa shape index (κ2) is 9.87. The van der Waals surface area contributed by atoms with Crippen LogP contribution in [0.3, 0.4) is 0 Å². The summed E-state index contributed by atoms with van der Waals surface area (Å²) >= 11 is 1.25. The predicted molar refractivity (Wildman–Crippen MR) is 122 cm³/mol. The molecule has 0 saturated carbocycles. The highest BCUT2D eigenvalue weighted by atomic mass is 32.2. The van der Waals surface area contributed by atoms with E-state index in [1.807, 2.05) is 4.90 Å². The molecular formula is C22H35N3O4S2. The fourth-order valence-electron chi connectivity index (χ4n) is 5.07. The second-order valence-electron chi connectivity index (χ2n) is 9.31. The average molecular weight is 470 g/mol. The first-order valence-electron chi connectivity index (χ1n) is 11.6. The Bertz CT molecular complexity index is 848. The zero-order valence-corrected chi connectivity index (χ0v) is 20.3. The van der Waals surface area contributed by atoms with E-state index in [9.17, 15) is 13.2 Å². The summed E-state index contributed by atoms with van der Waals surface area (Å²) in [6, 6.07) is 3.47. The van der Waals surface area contributed by atoms with Crippen molar-refractivity contribution in [2.75, 3.05) is 45.8 Å². The first kappa shape index (κ1) is 23.2. The summed E-state index contributed by atoms with van der Waals surface area (Å²) in [7, 11) is -3.39. The van der Waals surface area contributed by atoms with Gasteiger partial charge in [0, 0.05) is 50.7 Å². The fraction of sp³-hybridized carbons (Fsp3) is 0.773. The third-order valence-corrected chi connectivity index (χ3v) is 10.1. The molecule has 0 bridgehead atoms. The van der Waals surface area contributed by atoms with Gasteiger partial charge in [-0.05, 0) is 57.6 Å². The van der Waals surface area contributed by atoms with Gasteiger partial charge in [0.1, 0.15) is 4.21 Å².